The summed E-state index contributed by atoms with van der Waals surface area (Å²) in [6.45, 7) is 1.29. The minimum Gasteiger partial charge on any atom is -0.421 e. The zero-order valence-electron chi connectivity index (χ0n) is 17.9. The largest absolute Gasteiger partial charge is 0.421 e. The van der Waals surface area contributed by atoms with Crippen molar-refractivity contribution in [2.75, 3.05) is 6.61 Å². The lowest BCUT2D eigenvalue weighted by Crippen LogP contribution is -2.55. The first-order valence-electron chi connectivity index (χ1n) is 10.7. The molecule has 0 bridgehead atoms. The zero-order valence-corrected chi connectivity index (χ0v) is 17.9. The highest BCUT2D eigenvalue weighted by Crippen LogP contribution is 2.35. The van der Waals surface area contributed by atoms with E-state index >= 15 is 0 Å². The van der Waals surface area contributed by atoms with Gasteiger partial charge in [-0.1, -0.05) is 36.4 Å². The van der Waals surface area contributed by atoms with E-state index in [4.69, 9.17) is 9.15 Å². The van der Waals surface area contributed by atoms with E-state index in [1.54, 1.807) is 13.0 Å². The molecule has 0 amide bonds. The van der Waals surface area contributed by atoms with Crippen LogP contribution in [0, 0.1) is 6.92 Å². The summed E-state index contributed by atoms with van der Waals surface area (Å²) in [5.74, 6) is 0.991. The molecule has 4 N–H and O–H groups in total. The van der Waals surface area contributed by atoms with Gasteiger partial charge in [-0.3, -0.25) is 0 Å². The SMILES string of the molecule is Cc1nnc(-c2ccc3cc(-c4cccc(C5OC(CO)C(O)C(O)C5O)c4)ccc3c2)o1. The van der Waals surface area contributed by atoms with E-state index in [9.17, 15) is 20.4 Å². The minimum absolute atomic E-state index is 0.461. The second-order valence-electron chi connectivity index (χ2n) is 8.28. The number of hydrogen-bond donors (Lipinski definition) is 4. The number of aliphatic hydroxyl groups excluding tert-OH is 4. The van der Waals surface area contributed by atoms with Gasteiger partial charge in [0, 0.05) is 12.5 Å². The fourth-order valence-electron chi connectivity index (χ4n) is 4.24. The molecule has 1 saturated heterocycles. The molecule has 0 radical (unpaired) electrons. The van der Waals surface area contributed by atoms with Crippen LogP contribution in [0.1, 0.15) is 17.6 Å². The van der Waals surface area contributed by atoms with Crippen molar-refractivity contribution in [1.82, 2.24) is 10.2 Å². The predicted molar refractivity (Wildman–Crippen MR) is 120 cm³/mol. The zero-order chi connectivity index (χ0) is 23.1. The van der Waals surface area contributed by atoms with Crippen LogP contribution in [0.4, 0.5) is 0 Å². The van der Waals surface area contributed by atoms with Crippen molar-refractivity contribution < 1.29 is 29.6 Å². The Kier molecular flexibility index (Phi) is 5.69. The fourth-order valence-corrected chi connectivity index (χ4v) is 4.24. The fraction of sp³-hybridized carbons (Fsp3) is 0.280. The molecular formula is C25H24N2O6. The summed E-state index contributed by atoms with van der Waals surface area (Å²) in [7, 11) is 0. The third kappa shape index (κ3) is 4.03. The van der Waals surface area contributed by atoms with Gasteiger partial charge in [-0.2, -0.15) is 0 Å². The molecule has 1 aromatic heterocycles. The second-order valence-corrected chi connectivity index (χ2v) is 8.28. The standard InChI is InChI=1S/C25H24N2O6/c1-13-26-27-25(32-13)19-8-7-16-9-15(5-6-17(16)11-19)14-3-2-4-18(10-14)24-23(31)22(30)21(29)20(12-28)33-24/h2-11,20-24,28-31H,12H2,1H3. The van der Waals surface area contributed by atoms with Crippen LogP contribution in [0.2, 0.25) is 0 Å². The number of aliphatic hydroxyl groups is 4. The predicted octanol–water partition coefficient (Wildman–Crippen LogP) is 2.38. The van der Waals surface area contributed by atoms with E-state index in [2.05, 4.69) is 16.3 Å². The second kappa shape index (κ2) is 8.66. The van der Waals surface area contributed by atoms with Gasteiger partial charge >= 0.3 is 0 Å². The van der Waals surface area contributed by atoms with Crippen LogP contribution in [0.3, 0.4) is 0 Å². The first-order valence-corrected chi connectivity index (χ1v) is 10.7. The molecule has 5 atom stereocenters. The van der Waals surface area contributed by atoms with E-state index in [0.717, 1.165) is 27.5 Å². The Morgan fingerprint density at radius 1 is 0.788 bits per heavy atom. The first kappa shape index (κ1) is 21.7. The van der Waals surface area contributed by atoms with Gasteiger partial charge in [0.25, 0.3) is 0 Å². The Labute approximate surface area is 189 Å². The lowest BCUT2D eigenvalue weighted by molar-refractivity contribution is -0.231. The quantitative estimate of drug-likeness (QED) is 0.375. The summed E-state index contributed by atoms with van der Waals surface area (Å²) in [6.07, 6.45) is -5.94. The van der Waals surface area contributed by atoms with Gasteiger partial charge < -0.3 is 29.6 Å². The van der Waals surface area contributed by atoms with E-state index in [0.29, 0.717) is 17.3 Å². The maximum Gasteiger partial charge on any atom is 0.247 e. The molecule has 3 aromatic carbocycles. The lowest BCUT2D eigenvalue weighted by atomic mass is 9.90. The summed E-state index contributed by atoms with van der Waals surface area (Å²) in [5.41, 5.74) is 3.37. The highest BCUT2D eigenvalue weighted by atomic mass is 16.5. The maximum atomic E-state index is 10.5. The Bertz CT molecular complexity index is 1290. The first-order chi connectivity index (χ1) is 15.9. The van der Waals surface area contributed by atoms with Crippen LogP contribution in [-0.4, -0.2) is 61.6 Å². The van der Waals surface area contributed by atoms with Crippen molar-refractivity contribution >= 4 is 10.8 Å². The van der Waals surface area contributed by atoms with Crippen LogP contribution in [0.5, 0.6) is 0 Å². The number of aromatic nitrogens is 2. The molecule has 0 saturated carbocycles. The highest BCUT2D eigenvalue weighted by molar-refractivity contribution is 5.90. The number of hydrogen-bond acceptors (Lipinski definition) is 8. The molecule has 0 spiro atoms. The monoisotopic (exact) mass is 448 g/mol. The molecule has 8 nitrogen and oxygen atoms in total. The highest BCUT2D eigenvalue weighted by Gasteiger charge is 2.43. The lowest BCUT2D eigenvalue weighted by Gasteiger charge is -2.40. The Balaban J connectivity index is 1.46. The summed E-state index contributed by atoms with van der Waals surface area (Å²) in [4.78, 5) is 0. The third-order valence-corrected chi connectivity index (χ3v) is 6.05. The summed E-state index contributed by atoms with van der Waals surface area (Å²) < 4.78 is 11.2. The van der Waals surface area contributed by atoms with Gasteiger partial charge in [-0.15, -0.1) is 10.2 Å². The van der Waals surface area contributed by atoms with Gasteiger partial charge in [0.2, 0.25) is 11.8 Å². The van der Waals surface area contributed by atoms with E-state index in [1.807, 2.05) is 48.5 Å². The Morgan fingerprint density at radius 2 is 1.48 bits per heavy atom. The van der Waals surface area contributed by atoms with Crippen molar-refractivity contribution in [1.29, 1.82) is 0 Å². The van der Waals surface area contributed by atoms with Crippen molar-refractivity contribution in [2.45, 2.75) is 37.4 Å². The van der Waals surface area contributed by atoms with Crippen LogP contribution in [0.25, 0.3) is 33.4 Å². The molecule has 1 aliphatic rings. The Morgan fingerprint density at radius 3 is 2.18 bits per heavy atom. The molecule has 8 heteroatoms. The number of aryl methyl sites for hydroxylation is 1. The molecule has 0 aliphatic carbocycles. The topological polar surface area (TPSA) is 129 Å². The van der Waals surface area contributed by atoms with Crippen LogP contribution in [-0.2, 0) is 4.74 Å². The third-order valence-electron chi connectivity index (χ3n) is 6.05. The van der Waals surface area contributed by atoms with E-state index in [1.165, 1.54) is 0 Å². The van der Waals surface area contributed by atoms with Crippen molar-refractivity contribution in [3.05, 3.63) is 72.1 Å². The summed E-state index contributed by atoms with van der Waals surface area (Å²) in [5, 5.41) is 50.1. The van der Waals surface area contributed by atoms with E-state index < -0.39 is 37.1 Å². The van der Waals surface area contributed by atoms with Crippen LogP contribution >= 0.6 is 0 Å². The number of benzene rings is 3. The molecule has 170 valence electrons. The summed E-state index contributed by atoms with van der Waals surface area (Å²) in [6, 6.07) is 19.5. The molecule has 1 aliphatic heterocycles. The van der Waals surface area contributed by atoms with Gasteiger partial charge in [0.1, 0.15) is 30.5 Å². The van der Waals surface area contributed by atoms with Gasteiger partial charge in [-0.25, -0.2) is 0 Å². The molecule has 2 heterocycles. The minimum atomic E-state index is -1.41. The molecule has 33 heavy (non-hydrogen) atoms. The van der Waals surface area contributed by atoms with Crippen LogP contribution < -0.4 is 0 Å². The average Bonchev–Trinajstić information content (AvgIpc) is 3.28. The Hall–Kier alpha value is -3.14. The maximum absolute atomic E-state index is 10.5. The molecule has 5 rings (SSSR count). The van der Waals surface area contributed by atoms with Crippen molar-refractivity contribution in [3.8, 4) is 22.6 Å². The average molecular weight is 448 g/mol. The molecule has 1 fully saturated rings. The smallest absolute Gasteiger partial charge is 0.247 e. The number of fused-ring (bicyclic) bond motifs is 1. The molecule has 5 unspecified atom stereocenters. The molecule has 4 aromatic rings. The normalized spacial score (nSPS) is 25.4. The van der Waals surface area contributed by atoms with Gasteiger partial charge in [0.15, 0.2) is 0 Å². The number of nitrogens with zero attached hydrogens (tertiary/aromatic N) is 2. The number of ether oxygens (including phenoxy) is 1. The van der Waals surface area contributed by atoms with Gasteiger partial charge in [-0.05, 0) is 51.7 Å². The molecular weight excluding hydrogens is 424 g/mol. The van der Waals surface area contributed by atoms with E-state index in [-0.39, 0.29) is 0 Å². The number of rotatable bonds is 4. The summed E-state index contributed by atoms with van der Waals surface area (Å²) >= 11 is 0. The van der Waals surface area contributed by atoms with Crippen molar-refractivity contribution in [2.24, 2.45) is 0 Å². The van der Waals surface area contributed by atoms with Crippen molar-refractivity contribution in [3.63, 3.8) is 0 Å². The van der Waals surface area contributed by atoms with Gasteiger partial charge in [0.05, 0.1) is 6.61 Å². The van der Waals surface area contributed by atoms with Crippen LogP contribution in [0.15, 0.2) is 65.1 Å².